The van der Waals surface area contributed by atoms with Crippen LogP contribution in [-0.4, -0.2) is 27.7 Å². The van der Waals surface area contributed by atoms with Crippen LogP contribution >= 0.6 is 0 Å². The maximum Gasteiger partial charge on any atom is 0.169 e. The summed E-state index contributed by atoms with van der Waals surface area (Å²) < 4.78 is 0. The van der Waals surface area contributed by atoms with Gasteiger partial charge in [0.25, 0.3) is 0 Å². The molecule has 4 N–H and O–H groups in total. The highest BCUT2D eigenvalue weighted by atomic mass is 16.3. The Balaban J connectivity index is 2.29. The van der Waals surface area contributed by atoms with E-state index in [2.05, 4.69) is 22.2 Å². The number of para-hydroxylation sites is 2. The van der Waals surface area contributed by atoms with Gasteiger partial charge in [-0.05, 0) is 25.0 Å². The molecular formula is C13H18N4O. The topological polar surface area (TPSA) is 84.1 Å². The zero-order chi connectivity index (χ0) is 13.0. The van der Waals surface area contributed by atoms with E-state index < -0.39 is 0 Å². The second-order valence-electron chi connectivity index (χ2n) is 4.21. The summed E-state index contributed by atoms with van der Waals surface area (Å²) in [7, 11) is 0. The van der Waals surface area contributed by atoms with Crippen LogP contribution in [0.5, 0.6) is 0 Å². The van der Waals surface area contributed by atoms with Crippen molar-refractivity contribution < 1.29 is 5.11 Å². The fourth-order valence-corrected chi connectivity index (χ4v) is 1.85. The van der Waals surface area contributed by atoms with Gasteiger partial charge in [0.15, 0.2) is 11.6 Å². The van der Waals surface area contributed by atoms with Crippen LogP contribution in [0, 0.1) is 0 Å². The molecule has 96 valence electrons. The first-order chi connectivity index (χ1) is 8.74. The van der Waals surface area contributed by atoms with E-state index in [0.29, 0.717) is 18.1 Å². The Morgan fingerprint density at radius 1 is 1.28 bits per heavy atom. The molecule has 18 heavy (non-hydrogen) atoms. The highest BCUT2D eigenvalue weighted by Crippen LogP contribution is 2.20. The molecule has 2 aromatic rings. The van der Waals surface area contributed by atoms with Crippen LogP contribution in [0.1, 0.15) is 19.8 Å². The van der Waals surface area contributed by atoms with Gasteiger partial charge in [-0.1, -0.05) is 19.1 Å². The minimum absolute atomic E-state index is 0.145. The van der Waals surface area contributed by atoms with E-state index in [0.717, 1.165) is 17.5 Å². The second kappa shape index (κ2) is 5.64. The molecule has 5 nitrogen and oxygen atoms in total. The lowest BCUT2D eigenvalue weighted by atomic mass is 10.1. The van der Waals surface area contributed by atoms with Crippen molar-refractivity contribution in [2.45, 2.75) is 25.8 Å². The number of nitrogen functional groups attached to an aromatic ring is 1. The molecular weight excluding hydrogens is 228 g/mol. The van der Waals surface area contributed by atoms with Gasteiger partial charge in [-0.15, -0.1) is 0 Å². The van der Waals surface area contributed by atoms with Crippen LogP contribution in [-0.2, 0) is 0 Å². The highest BCUT2D eigenvalue weighted by molar-refractivity contribution is 5.79. The van der Waals surface area contributed by atoms with Crippen LogP contribution in [0.3, 0.4) is 0 Å². The number of benzene rings is 1. The smallest absolute Gasteiger partial charge is 0.169 e. The summed E-state index contributed by atoms with van der Waals surface area (Å²) >= 11 is 0. The molecule has 0 bridgehead atoms. The molecule has 1 heterocycles. The average Bonchev–Trinajstić information content (AvgIpc) is 2.39. The first-order valence-corrected chi connectivity index (χ1v) is 6.14. The van der Waals surface area contributed by atoms with Crippen molar-refractivity contribution in [3.8, 4) is 0 Å². The summed E-state index contributed by atoms with van der Waals surface area (Å²) in [4.78, 5) is 8.78. The molecule has 1 aromatic carbocycles. The Bertz CT molecular complexity index is 529. The minimum atomic E-state index is 0.145. The first kappa shape index (κ1) is 12.6. The summed E-state index contributed by atoms with van der Waals surface area (Å²) in [6.07, 6.45) is 1.57. The van der Waals surface area contributed by atoms with E-state index >= 15 is 0 Å². The third-order valence-electron chi connectivity index (χ3n) is 2.91. The monoisotopic (exact) mass is 246 g/mol. The summed E-state index contributed by atoms with van der Waals surface area (Å²) in [6.45, 7) is 2.20. The van der Waals surface area contributed by atoms with Crippen LogP contribution in [0.4, 0.5) is 11.6 Å². The number of aliphatic hydroxyl groups excluding tert-OH is 1. The van der Waals surface area contributed by atoms with Crippen molar-refractivity contribution in [1.82, 2.24) is 9.97 Å². The van der Waals surface area contributed by atoms with Crippen molar-refractivity contribution in [3.63, 3.8) is 0 Å². The van der Waals surface area contributed by atoms with E-state index in [4.69, 9.17) is 10.8 Å². The highest BCUT2D eigenvalue weighted by Gasteiger charge is 2.10. The molecule has 0 saturated heterocycles. The number of anilines is 2. The van der Waals surface area contributed by atoms with Gasteiger partial charge in [-0.3, -0.25) is 0 Å². The normalized spacial score (nSPS) is 12.6. The zero-order valence-corrected chi connectivity index (χ0v) is 10.4. The van der Waals surface area contributed by atoms with Crippen molar-refractivity contribution in [2.75, 3.05) is 17.7 Å². The lowest BCUT2D eigenvalue weighted by Crippen LogP contribution is -2.21. The van der Waals surface area contributed by atoms with E-state index in [1.165, 1.54) is 0 Å². The number of nitrogens with zero attached hydrogens (tertiary/aromatic N) is 2. The Hall–Kier alpha value is -1.88. The fourth-order valence-electron chi connectivity index (χ4n) is 1.85. The lowest BCUT2D eigenvalue weighted by Gasteiger charge is -2.17. The first-order valence-electron chi connectivity index (χ1n) is 6.14. The predicted molar refractivity (Wildman–Crippen MR) is 73.4 cm³/mol. The van der Waals surface area contributed by atoms with Crippen LogP contribution in [0.2, 0.25) is 0 Å². The Kier molecular flexibility index (Phi) is 3.94. The van der Waals surface area contributed by atoms with Gasteiger partial charge in [0.05, 0.1) is 11.0 Å². The van der Waals surface area contributed by atoms with Crippen molar-refractivity contribution in [3.05, 3.63) is 24.3 Å². The third-order valence-corrected chi connectivity index (χ3v) is 2.91. The van der Waals surface area contributed by atoms with Crippen molar-refractivity contribution >= 4 is 22.7 Å². The molecule has 1 aromatic heterocycles. The molecule has 0 aliphatic heterocycles. The molecule has 0 saturated carbocycles. The third kappa shape index (κ3) is 2.68. The summed E-state index contributed by atoms with van der Waals surface area (Å²) in [5, 5.41) is 12.2. The molecule has 1 unspecified atom stereocenters. The second-order valence-corrected chi connectivity index (χ2v) is 4.21. The van der Waals surface area contributed by atoms with E-state index in [1.54, 1.807) is 0 Å². The van der Waals surface area contributed by atoms with Gasteiger partial charge in [0.2, 0.25) is 0 Å². The van der Waals surface area contributed by atoms with Gasteiger partial charge < -0.3 is 16.2 Å². The molecule has 1 atom stereocenters. The molecule has 2 rings (SSSR count). The number of nitrogens with one attached hydrogen (secondary N) is 1. The standard InChI is InChI=1S/C13H18N4O/c1-2-9(7-8-18)15-13-12(14)16-10-5-3-4-6-11(10)17-13/h3-6,9,18H,2,7-8H2,1H3,(H2,14,16)(H,15,17). The molecule has 0 aliphatic carbocycles. The minimum Gasteiger partial charge on any atom is -0.396 e. The average molecular weight is 246 g/mol. The summed E-state index contributed by atoms with van der Waals surface area (Å²) in [5.41, 5.74) is 7.49. The Labute approximate surface area is 106 Å². The molecule has 0 aliphatic rings. The maximum atomic E-state index is 8.98. The Morgan fingerprint density at radius 3 is 2.56 bits per heavy atom. The van der Waals surface area contributed by atoms with Gasteiger partial charge in [0, 0.05) is 12.6 Å². The maximum absolute atomic E-state index is 8.98. The van der Waals surface area contributed by atoms with Gasteiger partial charge in [-0.25, -0.2) is 9.97 Å². The quantitative estimate of drug-likeness (QED) is 0.749. The van der Waals surface area contributed by atoms with Crippen molar-refractivity contribution in [1.29, 1.82) is 0 Å². The number of hydrogen-bond acceptors (Lipinski definition) is 5. The number of hydrogen-bond donors (Lipinski definition) is 3. The number of nitrogens with two attached hydrogens (primary N) is 1. The molecule has 0 fully saturated rings. The van der Waals surface area contributed by atoms with E-state index in [1.807, 2.05) is 24.3 Å². The van der Waals surface area contributed by atoms with E-state index in [-0.39, 0.29) is 12.6 Å². The van der Waals surface area contributed by atoms with E-state index in [9.17, 15) is 0 Å². The molecule has 0 amide bonds. The van der Waals surface area contributed by atoms with Gasteiger partial charge in [-0.2, -0.15) is 0 Å². The number of fused-ring (bicyclic) bond motifs is 1. The summed E-state index contributed by atoms with van der Waals surface area (Å²) in [6, 6.07) is 7.77. The van der Waals surface area contributed by atoms with Gasteiger partial charge >= 0.3 is 0 Å². The van der Waals surface area contributed by atoms with Crippen LogP contribution in [0.25, 0.3) is 11.0 Å². The van der Waals surface area contributed by atoms with Crippen molar-refractivity contribution in [2.24, 2.45) is 0 Å². The predicted octanol–water partition coefficient (Wildman–Crippen LogP) is 1.78. The van der Waals surface area contributed by atoms with Gasteiger partial charge in [0.1, 0.15) is 0 Å². The summed E-state index contributed by atoms with van der Waals surface area (Å²) in [5.74, 6) is 0.985. The fraction of sp³-hybridized carbons (Fsp3) is 0.385. The Morgan fingerprint density at radius 2 is 1.94 bits per heavy atom. The van der Waals surface area contributed by atoms with Crippen LogP contribution < -0.4 is 11.1 Å². The lowest BCUT2D eigenvalue weighted by molar-refractivity contribution is 0.278. The number of aromatic nitrogens is 2. The zero-order valence-electron chi connectivity index (χ0n) is 10.4. The SMILES string of the molecule is CCC(CCO)Nc1nc2ccccc2nc1N. The number of aliphatic hydroxyl groups is 1. The molecule has 0 radical (unpaired) electrons. The molecule has 5 heteroatoms. The molecule has 0 spiro atoms. The van der Waals surface area contributed by atoms with Crippen LogP contribution in [0.15, 0.2) is 24.3 Å². The largest absolute Gasteiger partial charge is 0.396 e. The number of rotatable bonds is 5.